The van der Waals surface area contributed by atoms with Crippen LogP contribution < -0.4 is 4.74 Å². The van der Waals surface area contributed by atoms with Crippen LogP contribution in [0.5, 0.6) is 5.75 Å². The number of likely N-dealkylation sites (tertiary alicyclic amines) is 1. The number of hydrogen-bond acceptors (Lipinski definition) is 5. The number of allylic oxidation sites excluding steroid dienone is 2. The summed E-state index contributed by atoms with van der Waals surface area (Å²) in [6.07, 6.45) is 6.63. The van der Waals surface area contributed by atoms with Crippen LogP contribution in [-0.2, 0) is 14.4 Å². The quantitative estimate of drug-likeness (QED) is 0.361. The van der Waals surface area contributed by atoms with Gasteiger partial charge in [0, 0.05) is 18.1 Å². The van der Waals surface area contributed by atoms with E-state index in [2.05, 4.69) is 17.1 Å². The molecule has 0 spiro atoms. The summed E-state index contributed by atoms with van der Waals surface area (Å²) in [7, 11) is 0. The van der Waals surface area contributed by atoms with Gasteiger partial charge in [0.05, 0.1) is 18.3 Å². The predicted molar refractivity (Wildman–Crippen MR) is 96.4 cm³/mol. The van der Waals surface area contributed by atoms with E-state index >= 15 is 0 Å². The van der Waals surface area contributed by atoms with Crippen molar-refractivity contribution in [2.75, 3.05) is 6.54 Å². The zero-order chi connectivity index (χ0) is 18.5. The number of ether oxygens (including phenoxy) is 1. The Bertz CT molecular complexity index is 963. The van der Waals surface area contributed by atoms with Crippen LogP contribution in [0.2, 0.25) is 0 Å². The zero-order valence-electron chi connectivity index (χ0n) is 14.6. The van der Waals surface area contributed by atoms with Gasteiger partial charge >= 0.3 is 5.97 Å². The number of aromatic nitrogens is 1. The second-order valence-corrected chi connectivity index (χ2v) is 7.38. The summed E-state index contributed by atoms with van der Waals surface area (Å²) < 4.78 is 5.44. The Hall–Kier alpha value is -3.02. The molecule has 1 aliphatic heterocycles. The third-order valence-corrected chi connectivity index (χ3v) is 5.92. The number of carbonyl (C=O) groups excluding carboxylic acids is 3. The standard InChI is InChI=1S/C21H18N2O4/c24-16(27-15-5-1-3-12-4-2-9-22-19(12)15)8-10-23-20(25)17-13-6-7-14(11-13)18(17)21(23)26/h1-7,9,13-14,17-18H,8,10-11H2/t13-,14-,17-,18+/m0/s1. The van der Waals surface area contributed by atoms with Crippen molar-refractivity contribution in [3.8, 4) is 5.75 Å². The highest BCUT2D eigenvalue weighted by Gasteiger charge is 2.59. The van der Waals surface area contributed by atoms with Gasteiger partial charge in [-0.1, -0.05) is 30.4 Å². The lowest BCUT2D eigenvalue weighted by Gasteiger charge is -2.16. The highest BCUT2D eigenvalue weighted by atomic mass is 16.5. The molecule has 4 atom stereocenters. The average molecular weight is 362 g/mol. The molecule has 6 nitrogen and oxygen atoms in total. The van der Waals surface area contributed by atoms with Crippen molar-refractivity contribution in [3.05, 3.63) is 48.7 Å². The molecule has 6 heteroatoms. The number of imide groups is 1. The molecule has 5 rings (SSSR count). The molecule has 1 saturated heterocycles. The number of benzene rings is 1. The first-order valence-electron chi connectivity index (χ1n) is 9.21. The predicted octanol–water partition coefficient (Wildman–Crippen LogP) is 2.34. The Balaban J connectivity index is 1.26. The van der Waals surface area contributed by atoms with Crippen molar-refractivity contribution in [2.24, 2.45) is 23.7 Å². The third kappa shape index (κ3) is 2.47. The van der Waals surface area contributed by atoms with Crippen LogP contribution >= 0.6 is 0 Å². The second-order valence-electron chi connectivity index (χ2n) is 7.38. The monoisotopic (exact) mass is 362 g/mol. The summed E-state index contributed by atoms with van der Waals surface area (Å²) >= 11 is 0. The molecule has 1 aromatic heterocycles. The fourth-order valence-electron chi connectivity index (χ4n) is 4.72. The van der Waals surface area contributed by atoms with Gasteiger partial charge in [0.1, 0.15) is 5.52 Å². The minimum atomic E-state index is -0.480. The highest BCUT2D eigenvalue weighted by molar-refractivity contribution is 6.06. The summed E-state index contributed by atoms with van der Waals surface area (Å²) in [5.41, 5.74) is 0.610. The molecule has 1 aromatic carbocycles. The topological polar surface area (TPSA) is 76.6 Å². The maximum Gasteiger partial charge on any atom is 0.313 e. The number of carbonyl (C=O) groups is 3. The van der Waals surface area contributed by atoms with E-state index in [4.69, 9.17) is 4.74 Å². The van der Waals surface area contributed by atoms with Crippen LogP contribution in [0.15, 0.2) is 48.7 Å². The van der Waals surface area contributed by atoms with Crippen molar-refractivity contribution in [3.63, 3.8) is 0 Å². The number of fused-ring (bicyclic) bond motifs is 6. The molecular weight excluding hydrogens is 344 g/mol. The molecule has 136 valence electrons. The van der Waals surface area contributed by atoms with Crippen molar-refractivity contribution < 1.29 is 19.1 Å². The number of amides is 2. The molecule has 27 heavy (non-hydrogen) atoms. The molecule has 0 radical (unpaired) electrons. The van der Waals surface area contributed by atoms with Gasteiger partial charge in [-0.05, 0) is 30.4 Å². The number of esters is 1. The van der Waals surface area contributed by atoms with E-state index < -0.39 is 5.97 Å². The van der Waals surface area contributed by atoms with Crippen LogP contribution in [0.1, 0.15) is 12.8 Å². The van der Waals surface area contributed by atoms with Crippen LogP contribution in [0.4, 0.5) is 0 Å². The lowest BCUT2D eigenvalue weighted by Crippen LogP contribution is -2.35. The van der Waals surface area contributed by atoms with Crippen molar-refractivity contribution in [2.45, 2.75) is 12.8 Å². The molecule has 1 saturated carbocycles. The summed E-state index contributed by atoms with van der Waals surface area (Å²) in [6.45, 7) is 0.0706. The van der Waals surface area contributed by atoms with Gasteiger partial charge in [-0.25, -0.2) is 0 Å². The normalized spacial score (nSPS) is 28.2. The summed E-state index contributed by atoms with van der Waals surface area (Å²) in [6, 6.07) is 9.08. The lowest BCUT2D eigenvalue weighted by atomic mass is 9.85. The smallest absolute Gasteiger partial charge is 0.313 e. The Morgan fingerprint density at radius 1 is 1.07 bits per heavy atom. The molecule has 2 heterocycles. The highest BCUT2D eigenvalue weighted by Crippen LogP contribution is 2.52. The van der Waals surface area contributed by atoms with Gasteiger partial charge in [0.25, 0.3) is 0 Å². The maximum atomic E-state index is 12.6. The molecule has 0 unspecified atom stereocenters. The first-order valence-corrected chi connectivity index (χ1v) is 9.21. The zero-order valence-corrected chi connectivity index (χ0v) is 14.6. The third-order valence-electron chi connectivity index (χ3n) is 5.92. The molecule has 0 N–H and O–H groups in total. The van der Waals surface area contributed by atoms with Gasteiger partial charge in [-0.15, -0.1) is 0 Å². The van der Waals surface area contributed by atoms with Crippen molar-refractivity contribution in [1.82, 2.24) is 9.88 Å². The summed E-state index contributed by atoms with van der Waals surface area (Å²) in [5.74, 6) is -0.479. The lowest BCUT2D eigenvalue weighted by molar-refractivity contribution is -0.142. The van der Waals surface area contributed by atoms with Crippen LogP contribution in [0.25, 0.3) is 10.9 Å². The van der Waals surface area contributed by atoms with Crippen molar-refractivity contribution >= 4 is 28.7 Å². The Kier molecular flexibility index (Phi) is 3.60. The molecule has 2 aromatic rings. The molecule has 2 aliphatic carbocycles. The van der Waals surface area contributed by atoms with E-state index in [9.17, 15) is 14.4 Å². The molecule has 2 bridgehead atoms. The second kappa shape index (κ2) is 6.01. The number of hydrogen-bond donors (Lipinski definition) is 0. The molecular formula is C21H18N2O4. The first kappa shape index (κ1) is 16.2. The minimum Gasteiger partial charge on any atom is -0.424 e. The first-order chi connectivity index (χ1) is 13.1. The fourth-order valence-corrected chi connectivity index (χ4v) is 4.72. The molecule has 2 amide bonds. The van der Waals surface area contributed by atoms with Gasteiger partial charge in [-0.3, -0.25) is 24.3 Å². The number of para-hydroxylation sites is 1. The van der Waals surface area contributed by atoms with Crippen LogP contribution in [0, 0.1) is 23.7 Å². The summed E-state index contributed by atoms with van der Waals surface area (Å²) in [5, 5.41) is 0.878. The van der Waals surface area contributed by atoms with Crippen LogP contribution in [0.3, 0.4) is 0 Å². The molecule has 3 aliphatic rings. The van der Waals surface area contributed by atoms with Gasteiger partial charge in [0.15, 0.2) is 5.75 Å². The number of rotatable bonds is 4. The van der Waals surface area contributed by atoms with Gasteiger partial charge < -0.3 is 4.74 Å². The molecule has 2 fully saturated rings. The van der Waals surface area contributed by atoms with E-state index in [1.807, 2.05) is 18.2 Å². The fraction of sp³-hybridized carbons (Fsp3) is 0.333. The van der Waals surface area contributed by atoms with E-state index in [0.717, 1.165) is 11.8 Å². The Morgan fingerprint density at radius 2 is 1.78 bits per heavy atom. The largest absolute Gasteiger partial charge is 0.424 e. The van der Waals surface area contributed by atoms with E-state index in [0.29, 0.717) is 11.3 Å². The summed E-state index contributed by atoms with van der Waals surface area (Å²) in [4.78, 5) is 43.1. The van der Waals surface area contributed by atoms with Gasteiger partial charge in [-0.2, -0.15) is 0 Å². The van der Waals surface area contributed by atoms with Gasteiger partial charge in [0.2, 0.25) is 11.8 Å². The average Bonchev–Trinajstić information content (AvgIpc) is 3.35. The van der Waals surface area contributed by atoms with Crippen molar-refractivity contribution in [1.29, 1.82) is 0 Å². The Labute approximate surface area is 155 Å². The number of nitrogens with zero attached hydrogens (tertiary/aromatic N) is 2. The van der Waals surface area contributed by atoms with E-state index in [1.54, 1.807) is 18.3 Å². The minimum absolute atomic E-state index is 0.0249. The maximum absolute atomic E-state index is 12.6. The Morgan fingerprint density at radius 3 is 2.52 bits per heavy atom. The number of pyridine rings is 1. The van der Waals surface area contributed by atoms with E-state index in [-0.39, 0.29) is 48.5 Å². The SMILES string of the molecule is O=C(CCN1C(=O)[C@@H]2[C@H](C1=O)[C@H]1C=C[C@H]2C1)Oc1cccc2cccnc12. The van der Waals surface area contributed by atoms with E-state index in [1.165, 1.54) is 4.90 Å². The van der Waals surface area contributed by atoms with Crippen LogP contribution in [-0.4, -0.2) is 34.2 Å².